The third-order valence-electron chi connectivity index (χ3n) is 10.1. The van der Waals surface area contributed by atoms with Gasteiger partial charge in [0.05, 0.1) is 33.4 Å². The first-order chi connectivity index (χ1) is 24.9. The molecule has 10 aromatic rings. The van der Waals surface area contributed by atoms with E-state index in [1.54, 1.807) is 0 Å². The molecule has 0 N–H and O–H groups in total. The van der Waals surface area contributed by atoms with Crippen molar-refractivity contribution in [1.82, 2.24) is 9.13 Å². The normalized spacial score (nSPS) is 11.6. The highest BCUT2D eigenvalue weighted by Gasteiger charge is 2.24. The molecule has 0 aliphatic carbocycles. The lowest BCUT2D eigenvalue weighted by Gasteiger charge is -2.23. The molecule has 2 heterocycles. The van der Waals surface area contributed by atoms with E-state index in [0.717, 1.165) is 0 Å². The Morgan fingerprint density at radius 2 is 0.500 bits per heavy atom. The largest absolute Gasteiger partial charge is 0.308 e. The summed E-state index contributed by atoms with van der Waals surface area (Å²) in [6.45, 7) is 0. The smallest absolute Gasteiger partial charge is 0.0619 e. The van der Waals surface area contributed by atoms with Crippen LogP contribution in [0, 0.1) is 0 Å². The van der Waals surface area contributed by atoms with Crippen molar-refractivity contribution in [3.05, 3.63) is 194 Å². The maximum Gasteiger partial charge on any atom is 0.0619 e. The molecular weight excluding hydrogens is 605 g/mol. The fourth-order valence-electron chi connectivity index (χ4n) is 8.03. The molecule has 10 rings (SSSR count). The molecular formula is C48H32N2. The Labute approximate surface area is 290 Å². The van der Waals surface area contributed by atoms with Gasteiger partial charge in [-0.15, -0.1) is 0 Å². The fourth-order valence-corrected chi connectivity index (χ4v) is 8.03. The summed E-state index contributed by atoms with van der Waals surface area (Å²) in [7, 11) is 0. The van der Waals surface area contributed by atoms with Gasteiger partial charge >= 0.3 is 0 Å². The van der Waals surface area contributed by atoms with Gasteiger partial charge in [-0.3, -0.25) is 0 Å². The van der Waals surface area contributed by atoms with Crippen LogP contribution >= 0.6 is 0 Å². The highest BCUT2D eigenvalue weighted by atomic mass is 15.0. The SMILES string of the molecule is c1ccc(-c2cccc(-c3cccc(-c4ccccc4)c3-n3c4ccccc4c4ccccc43)c2-n2c3ccccc3c3ccccc32)cc1. The van der Waals surface area contributed by atoms with Crippen molar-refractivity contribution in [3.63, 3.8) is 0 Å². The fraction of sp³-hybridized carbons (Fsp3) is 0. The van der Waals surface area contributed by atoms with E-state index in [9.17, 15) is 0 Å². The summed E-state index contributed by atoms with van der Waals surface area (Å²) in [5.74, 6) is 0. The third-order valence-corrected chi connectivity index (χ3v) is 10.1. The van der Waals surface area contributed by atoms with Gasteiger partial charge in [-0.1, -0.05) is 170 Å². The van der Waals surface area contributed by atoms with Crippen LogP contribution in [-0.2, 0) is 0 Å². The van der Waals surface area contributed by atoms with Gasteiger partial charge in [0.1, 0.15) is 0 Å². The van der Waals surface area contributed by atoms with Gasteiger partial charge in [-0.25, -0.2) is 0 Å². The molecule has 2 heteroatoms. The Morgan fingerprint density at radius 1 is 0.220 bits per heavy atom. The summed E-state index contributed by atoms with van der Waals surface area (Å²) in [5, 5.41) is 4.99. The molecule has 234 valence electrons. The van der Waals surface area contributed by atoms with Crippen LogP contribution in [-0.4, -0.2) is 9.13 Å². The first-order valence-corrected chi connectivity index (χ1v) is 17.2. The summed E-state index contributed by atoms with van der Waals surface area (Å²) in [5.41, 5.74) is 14.2. The first-order valence-electron chi connectivity index (χ1n) is 17.2. The summed E-state index contributed by atoms with van der Waals surface area (Å²) < 4.78 is 4.99. The molecule has 0 unspecified atom stereocenters. The Bertz CT molecular complexity index is 2550. The number of rotatable bonds is 5. The van der Waals surface area contributed by atoms with E-state index in [0.29, 0.717) is 0 Å². The van der Waals surface area contributed by atoms with Gasteiger partial charge in [0.15, 0.2) is 0 Å². The van der Waals surface area contributed by atoms with Crippen molar-refractivity contribution < 1.29 is 0 Å². The summed E-state index contributed by atoms with van der Waals surface area (Å²) >= 11 is 0. The second-order valence-corrected chi connectivity index (χ2v) is 12.9. The van der Waals surface area contributed by atoms with Crippen molar-refractivity contribution in [3.8, 4) is 44.8 Å². The van der Waals surface area contributed by atoms with E-state index in [-0.39, 0.29) is 0 Å². The molecule has 0 aliphatic heterocycles. The van der Waals surface area contributed by atoms with Crippen LogP contribution in [0.15, 0.2) is 194 Å². The number of hydrogen-bond donors (Lipinski definition) is 0. The minimum Gasteiger partial charge on any atom is -0.308 e. The van der Waals surface area contributed by atoms with Crippen LogP contribution < -0.4 is 0 Å². The van der Waals surface area contributed by atoms with Crippen LogP contribution in [0.1, 0.15) is 0 Å². The van der Waals surface area contributed by atoms with Crippen molar-refractivity contribution in [1.29, 1.82) is 0 Å². The van der Waals surface area contributed by atoms with Crippen molar-refractivity contribution in [2.24, 2.45) is 0 Å². The van der Waals surface area contributed by atoms with Crippen LogP contribution in [0.4, 0.5) is 0 Å². The number of fused-ring (bicyclic) bond motifs is 6. The topological polar surface area (TPSA) is 9.86 Å². The molecule has 0 fully saturated rings. The molecule has 0 aliphatic rings. The molecule has 2 aromatic heterocycles. The predicted molar refractivity (Wildman–Crippen MR) is 211 cm³/mol. The number of aromatic nitrogens is 2. The van der Waals surface area contributed by atoms with E-state index < -0.39 is 0 Å². The maximum atomic E-state index is 2.49. The zero-order valence-electron chi connectivity index (χ0n) is 27.4. The lowest BCUT2D eigenvalue weighted by molar-refractivity contribution is 1.16. The van der Waals surface area contributed by atoms with Crippen molar-refractivity contribution in [2.75, 3.05) is 0 Å². The van der Waals surface area contributed by atoms with E-state index in [1.165, 1.54) is 88.4 Å². The number of benzene rings is 8. The Hall–Kier alpha value is -6.64. The Kier molecular flexibility index (Phi) is 6.53. The van der Waals surface area contributed by atoms with Crippen molar-refractivity contribution in [2.45, 2.75) is 0 Å². The molecule has 0 saturated heterocycles. The zero-order chi connectivity index (χ0) is 33.0. The second kappa shape index (κ2) is 11.5. The summed E-state index contributed by atoms with van der Waals surface area (Å²) in [6.07, 6.45) is 0. The number of hydrogen-bond acceptors (Lipinski definition) is 0. The molecule has 0 atom stereocenters. The summed E-state index contributed by atoms with van der Waals surface area (Å²) in [6, 6.07) is 70.5. The molecule has 50 heavy (non-hydrogen) atoms. The van der Waals surface area contributed by atoms with E-state index in [4.69, 9.17) is 0 Å². The molecule has 0 bridgehead atoms. The van der Waals surface area contributed by atoms with Gasteiger partial charge in [0.25, 0.3) is 0 Å². The molecule has 0 radical (unpaired) electrons. The average molecular weight is 637 g/mol. The number of para-hydroxylation sites is 6. The second-order valence-electron chi connectivity index (χ2n) is 12.9. The van der Waals surface area contributed by atoms with E-state index in [2.05, 4.69) is 203 Å². The van der Waals surface area contributed by atoms with Gasteiger partial charge in [0.2, 0.25) is 0 Å². The predicted octanol–water partition coefficient (Wildman–Crippen LogP) is 12.9. The maximum absolute atomic E-state index is 2.49. The van der Waals surface area contributed by atoms with Crippen LogP contribution in [0.2, 0.25) is 0 Å². The minimum atomic E-state index is 1.17. The zero-order valence-corrected chi connectivity index (χ0v) is 27.4. The van der Waals surface area contributed by atoms with Crippen LogP contribution in [0.3, 0.4) is 0 Å². The van der Waals surface area contributed by atoms with Gasteiger partial charge in [0, 0.05) is 43.8 Å². The average Bonchev–Trinajstić information content (AvgIpc) is 3.71. The summed E-state index contributed by atoms with van der Waals surface area (Å²) in [4.78, 5) is 0. The molecule has 8 aromatic carbocycles. The molecule has 0 saturated carbocycles. The third kappa shape index (κ3) is 4.29. The lowest BCUT2D eigenvalue weighted by Crippen LogP contribution is -2.04. The molecule has 2 nitrogen and oxygen atoms in total. The van der Waals surface area contributed by atoms with Gasteiger partial charge < -0.3 is 9.13 Å². The van der Waals surface area contributed by atoms with E-state index >= 15 is 0 Å². The Morgan fingerprint density at radius 3 is 0.840 bits per heavy atom. The van der Waals surface area contributed by atoms with Gasteiger partial charge in [-0.2, -0.15) is 0 Å². The lowest BCUT2D eigenvalue weighted by atomic mass is 9.91. The highest BCUT2D eigenvalue weighted by Crippen LogP contribution is 2.46. The first kappa shape index (κ1) is 28.4. The molecule has 0 amide bonds. The number of nitrogens with zero attached hydrogens (tertiary/aromatic N) is 2. The Balaban J connectivity index is 1.40. The van der Waals surface area contributed by atoms with E-state index in [1.807, 2.05) is 0 Å². The monoisotopic (exact) mass is 636 g/mol. The van der Waals surface area contributed by atoms with Crippen LogP contribution in [0.5, 0.6) is 0 Å². The minimum absolute atomic E-state index is 1.17. The molecule has 0 spiro atoms. The quantitative estimate of drug-likeness (QED) is 0.178. The van der Waals surface area contributed by atoms with Crippen molar-refractivity contribution >= 4 is 43.6 Å². The van der Waals surface area contributed by atoms with Gasteiger partial charge in [-0.05, 0) is 35.4 Å². The standard InChI is InChI=1S/C48H32N2/c1-3-17-33(18-4-1)35-25-15-27-41(47(35)49-43-29-11-7-21-37(43)38-22-8-12-30-44(38)49)42-28-16-26-36(34-19-5-2-6-20-34)48(42)50-45-31-13-9-23-39(45)40-24-10-14-32-46(40)50/h1-32H. The van der Waals surface area contributed by atoms with Crippen LogP contribution in [0.25, 0.3) is 88.4 Å². The highest BCUT2D eigenvalue weighted by molar-refractivity contribution is 6.12.